The minimum Gasteiger partial charge on any atom is -0.493 e. The van der Waals surface area contributed by atoms with Crippen molar-refractivity contribution in [2.24, 2.45) is 10.2 Å². The number of hydrogen-bond donors (Lipinski definition) is 2. The highest BCUT2D eigenvalue weighted by Crippen LogP contribution is 2.37. The quantitative estimate of drug-likeness (QED) is 0.652. The Hall–Kier alpha value is -2.76. The molecule has 2 aromatic carbocycles. The lowest BCUT2D eigenvalue weighted by Gasteiger charge is -1.99. The predicted octanol–water partition coefficient (Wildman–Crippen LogP) is 2.66. The van der Waals surface area contributed by atoms with Crippen LogP contribution in [0.3, 0.4) is 0 Å². The number of nitrogens with zero attached hydrogens (tertiary/aromatic N) is 2. The number of nitrogens with one attached hydrogen (secondary N) is 2. The Balaban J connectivity index is 2.02. The highest BCUT2D eigenvalue weighted by molar-refractivity contribution is 7.90. The number of aromatic amines is 1. The van der Waals surface area contributed by atoms with Gasteiger partial charge in [-0.05, 0) is 42.5 Å². The number of H-pyrrole nitrogens is 1. The second-order valence-electron chi connectivity index (χ2n) is 5.50. The molecule has 0 aliphatic carbocycles. The molecule has 0 saturated carbocycles. The summed E-state index contributed by atoms with van der Waals surface area (Å²) < 4.78 is 45.6. The van der Waals surface area contributed by atoms with E-state index in [0.29, 0.717) is 16.6 Å². The van der Waals surface area contributed by atoms with Gasteiger partial charge in [0.15, 0.2) is 15.5 Å². The molecule has 3 N–H and O–H groups in total. The zero-order valence-electron chi connectivity index (χ0n) is 13.3. The van der Waals surface area contributed by atoms with Crippen molar-refractivity contribution in [2.45, 2.75) is 9.79 Å². The Morgan fingerprint density at radius 1 is 0.962 bits per heavy atom. The van der Waals surface area contributed by atoms with Crippen molar-refractivity contribution in [1.29, 1.82) is 0 Å². The minimum absolute atomic E-state index is 0.0580. The van der Waals surface area contributed by atoms with Gasteiger partial charge < -0.3 is 10.1 Å². The fraction of sp³-hybridized carbons (Fsp3) is 0.0667. The van der Waals surface area contributed by atoms with E-state index in [4.69, 9.17) is 5.14 Å². The van der Waals surface area contributed by atoms with E-state index in [0.717, 1.165) is 6.26 Å². The van der Waals surface area contributed by atoms with Crippen LogP contribution in [0.2, 0.25) is 0 Å². The van der Waals surface area contributed by atoms with Crippen LogP contribution in [0.15, 0.2) is 62.5 Å². The van der Waals surface area contributed by atoms with Gasteiger partial charge in [-0.2, -0.15) is 5.11 Å². The van der Waals surface area contributed by atoms with Crippen molar-refractivity contribution in [3.8, 4) is 5.88 Å². The van der Waals surface area contributed by atoms with Crippen LogP contribution in [-0.4, -0.2) is 33.2 Å². The summed E-state index contributed by atoms with van der Waals surface area (Å²) in [7, 11) is -7.49. The summed E-state index contributed by atoms with van der Waals surface area (Å²) in [6.07, 6.45) is 1.07. The van der Waals surface area contributed by atoms with Gasteiger partial charge in [0.2, 0.25) is 5.88 Å². The molecule has 1 radical (unpaired) electrons. The lowest BCUT2D eigenvalue weighted by molar-refractivity contribution is 0.459. The molecule has 1 heterocycles. The molecule has 0 amide bonds. The maximum Gasteiger partial charge on any atom is 0.254 e. The van der Waals surface area contributed by atoms with Gasteiger partial charge >= 0.3 is 0 Å². The molecular weight excluding hydrogens is 380 g/mol. The highest BCUT2D eigenvalue weighted by Gasteiger charge is 2.15. The molecule has 3 aromatic rings. The monoisotopic (exact) mass is 393 g/mol. The molecule has 0 aliphatic rings. The summed E-state index contributed by atoms with van der Waals surface area (Å²) in [5.41, 5.74) is 0.840. The van der Waals surface area contributed by atoms with Gasteiger partial charge in [0.1, 0.15) is 0 Å². The van der Waals surface area contributed by atoms with Crippen LogP contribution >= 0.6 is 0 Å². The highest BCUT2D eigenvalue weighted by atomic mass is 32.2. The van der Waals surface area contributed by atoms with Crippen molar-refractivity contribution in [3.05, 3.63) is 42.5 Å². The van der Waals surface area contributed by atoms with E-state index in [1.54, 1.807) is 0 Å². The summed E-state index contributed by atoms with van der Waals surface area (Å²) in [4.78, 5) is 2.57. The SMILES string of the molecule is CS(=O)(=O)c1ccc2[nH]c(O)c(N=Nc3ccc(S([NH])(=O)=O)cc3)c2c1. The normalized spacial score (nSPS) is 12.8. The van der Waals surface area contributed by atoms with Crippen LogP contribution in [0, 0.1) is 0 Å². The molecule has 1 aromatic heterocycles. The van der Waals surface area contributed by atoms with Crippen LogP contribution in [0.1, 0.15) is 0 Å². The van der Waals surface area contributed by atoms with Crippen molar-refractivity contribution in [2.75, 3.05) is 6.26 Å². The lowest BCUT2D eigenvalue weighted by atomic mass is 10.2. The fourth-order valence-corrected chi connectivity index (χ4v) is 3.42. The molecule has 0 aliphatic heterocycles. The number of benzene rings is 2. The van der Waals surface area contributed by atoms with E-state index >= 15 is 0 Å². The maximum atomic E-state index is 11.7. The summed E-state index contributed by atoms with van der Waals surface area (Å²) in [5, 5.41) is 25.2. The summed E-state index contributed by atoms with van der Waals surface area (Å²) >= 11 is 0. The molecule has 0 saturated heterocycles. The smallest absolute Gasteiger partial charge is 0.254 e. The number of aromatic nitrogens is 1. The Morgan fingerprint density at radius 2 is 1.58 bits per heavy atom. The average molecular weight is 393 g/mol. The number of sulfone groups is 1. The van der Waals surface area contributed by atoms with Gasteiger partial charge in [-0.1, -0.05) is 0 Å². The largest absolute Gasteiger partial charge is 0.493 e. The van der Waals surface area contributed by atoms with Crippen molar-refractivity contribution in [1.82, 2.24) is 10.1 Å². The Bertz CT molecular complexity index is 1230. The summed E-state index contributed by atoms with van der Waals surface area (Å²) in [6, 6.07) is 9.45. The first-order valence-corrected chi connectivity index (χ1v) is 10.5. The Labute approximate surface area is 149 Å². The number of aromatic hydroxyl groups is 1. The van der Waals surface area contributed by atoms with E-state index in [1.807, 2.05) is 0 Å². The predicted molar refractivity (Wildman–Crippen MR) is 94.0 cm³/mol. The minimum atomic E-state index is -4.06. The number of fused-ring (bicyclic) bond motifs is 1. The molecular formula is C15H13N4O5S2. The summed E-state index contributed by atoms with van der Waals surface area (Å²) in [5.74, 6) is -0.278. The third kappa shape index (κ3) is 3.59. The van der Waals surface area contributed by atoms with E-state index in [2.05, 4.69) is 15.2 Å². The van der Waals surface area contributed by atoms with Crippen molar-refractivity contribution >= 4 is 42.1 Å². The zero-order chi connectivity index (χ0) is 19.1. The number of rotatable bonds is 4. The fourth-order valence-electron chi connectivity index (χ4n) is 2.27. The van der Waals surface area contributed by atoms with Crippen LogP contribution in [-0.2, 0) is 19.9 Å². The number of azo groups is 1. The zero-order valence-corrected chi connectivity index (χ0v) is 15.0. The molecule has 11 heteroatoms. The van der Waals surface area contributed by atoms with Gasteiger partial charge in [0, 0.05) is 11.6 Å². The number of hydrogen-bond acceptors (Lipinski definition) is 7. The average Bonchev–Trinajstić information content (AvgIpc) is 2.86. The van der Waals surface area contributed by atoms with Crippen molar-refractivity contribution < 1.29 is 21.9 Å². The van der Waals surface area contributed by atoms with Crippen LogP contribution in [0.25, 0.3) is 10.9 Å². The van der Waals surface area contributed by atoms with E-state index in [-0.39, 0.29) is 21.4 Å². The maximum absolute atomic E-state index is 11.7. The van der Waals surface area contributed by atoms with Gasteiger partial charge in [0.25, 0.3) is 10.0 Å². The Kier molecular flexibility index (Phi) is 4.30. The molecule has 3 rings (SSSR count). The van der Waals surface area contributed by atoms with Gasteiger partial charge in [-0.3, -0.25) is 0 Å². The molecule has 0 spiro atoms. The topological polar surface area (TPSA) is 153 Å². The first-order valence-electron chi connectivity index (χ1n) is 7.12. The second-order valence-corrected chi connectivity index (χ2v) is 8.99. The molecule has 26 heavy (non-hydrogen) atoms. The molecule has 0 bridgehead atoms. The van der Waals surface area contributed by atoms with Crippen molar-refractivity contribution in [3.63, 3.8) is 0 Å². The van der Waals surface area contributed by atoms with Gasteiger partial charge in [-0.15, -0.1) is 10.3 Å². The third-order valence-electron chi connectivity index (χ3n) is 3.56. The van der Waals surface area contributed by atoms with E-state index < -0.39 is 19.9 Å². The molecule has 0 fully saturated rings. The first kappa shape index (κ1) is 18.0. The molecule has 9 nitrogen and oxygen atoms in total. The van der Waals surface area contributed by atoms with Gasteiger partial charge in [0.05, 0.1) is 21.0 Å². The van der Waals surface area contributed by atoms with Crippen LogP contribution in [0.4, 0.5) is 11.4 Å². The van der Waals surface area contributed by atoms with Crippen LogP contribution in [0.5, 0.6) is 5.88 Å². The number of sulfonamides is 1. The summed E-state index contributed by atoms with van der Waals surface area (Å²) in [6.45, 7) is 0. The van der Waals surface area contributed by atoms with Gasteiger partial charge in [-0.25, -0.2) is 16.8 Å². The second kappa shape index (κ2) is 6.20. The molecule has 0 unspecified atom stereocenters. The molecule has 135 valence electrons. The third-order valence-corrected chi connectivity index (χ3v) is 5.57. The Morgan fingerprint density at radius 3 is 2.15 bits per heavy atom. The lowest BCUT2D eigenvalue weighted by Crippen LogP contribution is -1.99. The van der Waals surface area contributed by atoms with E-state index in [1.165, 1.54) is 42.5 Å². The molecule has 0 atom stereocenters. The first-order chi connectivity index (χ1) is 12.1. The van der Waals surface area contributed by atoms with E-state index in [9.17, 15) is 21.9 Å². The van der Waals surface area contributed by atoms with Crippen LogP contribution < -0.4 is 5.14 Å². The standard InChI is InChI=1S/C15H13N4O5S2/c1-25(21,22)11-6-7-13-12(8-11)14(15(20)17-13)19-18-9-2-4-10(5-3-9)26(16,23)24/h2-8,16-17,20H,1H3.